The van der Waals surface area contributed by atoms with Gasteiger partial charge in [-0.05, 0) is 47.2 Å². The van der Waals surface area contributed by atoms with E-state index < -0.39 is 33.8 Å². The molecular formula is C44H46N5O12+. The molecule has 0 N–H and O–H groups in total. The van der Waals surface area contributed by atoms with Crippen LogP contribution in [-0.2, 0) is 25.5 Å². The number of likely N-dealkylation sites (N-methyl/N-ethyl adjacent to an activating group) is 2. The first kappa shape index (κ1) is 43.6. The zero-order chi connectivity index (χ0) is 44.3. The number of amides is 2. The molecule has 0 radical (unpaired) electrons. The summed E-state index contributed by atoms with van der Waals surface area (Å²) in [5, 5.41) is 23.8. The van der Waals surface area contributed by atoms with E-state index in [4.69, 9.17) is 14.2 Å². The molecular weight excluding hydrogens is 791 g/mol. The van der Waals surface area contributed by atoms with Crippen molar-refractivity contribution in [1.82, 2.24) is 9.80 Å². The van der Waals surface area contributed by atoms with Gasteiger partial charge in [0.25, 0.3) is 11.4 Å². The zero-order valence-electron chi connectivity index (χ0n) is 34.6. The molecule has 0 aromatic heterocycles. The number of benzene rings is 4. The minimum atomic E-state index is -1.01. The average molecular weight is 837 g/mol. The lowest BCUT2D eigenvalue weighted by Crippen LogP contribution is -2.62. The van der Waals surface area contributed by atoms with Crippen LogP contribution in [0.2, 0.25) is 0 Å². The van der Waals surface area contributed by atoms with Crippen LogP contribution in [0.3, 0.4) is 0 Å². The minimum absolute atomic E-state index is 0.0000450. The third-order valence-corrected chi connectivity index (χ3v) is 11.4. The largest absolute Gasteiger partial charge is 0.488 e. The molecule has 2 aliphatic rings. The molecule has 0 unspecified atom stereocenters. The first-order valence-corrected chi connectivity index (χ1v) is 19.6. The number of nitrogens with zero attached hydrogens (tertiary/aromatic N) is 5. The number of rotatable bonds is 15. The minimum Gasteiger partial charge on any atom is -0.488 e. The highest BCUT2D eigenvalue weighted by Crippen LogP contribution is 2.49. The van der Waals surface area contributed by atoms with E-state index in [0.29, 0.717) is 35.3 Å². The summed E-state index contributed by atoms with van der Waals surface area (Å²) in [6.45, 7) is 7.24. The van der Waals surface area contributed by atoms with E-state index in [-0.39, 0.29) is 71.1 Å². The molecule has 2 aliphatic heterocycles. The van der Waals surface area contributed by atoms with Gasteiger partial charge in [-0.1, -0.05) is 51.1 Å². The maximum absolute atomic E-state index is 13.7. The number of hydrogen-bond donors (Lipinski definition) is 0. The van der Waals surface area contributed by atoms with E-state index in [1.807, 2.05) is 71.3 Å². The number of fused-ring (bicyclic) bond motifs is 2. The number of β-lactam (4-membered cyclic amide) rings is 1. The van der Waals surface area contributed by atoms with Gasteiger partial charge in [0.05, 0.1) is 66.7 Å². The highest BCUT2D eigenvalue weighted by molar-refractivity contribution is 6.06. The summed E-state index contributed by atoms with van der Waals surface area (Å²) in [6, 6.07) is 20.7. The van der Waals surface area contributed by atoms with Crippen LogP contribution in [0.4, 0.5) is 16.2 Å². The molecule has 2 amide bonds. The van der Waals surface area contributed by atoms with Gasteiger partial charge in [0.2, 0.25) is 5.91 Å². The molecule has 0 bridgehead atoms. The summed E-state index contributed by atoms with van der Waals surface area (Å²) >= 11 is 0. The molecule has 1 fully saturated rings. The maximum atomic E-state index is 13.7. The van der Waals surface area contributed by atoms with Crippen molar-refractivity contribution in [2.24, 2.45) is 17.8 Å². The molecule has 17 nitrogen and oxygen atoms in total. The number of esters is 3. The second kappa shape index (κ2) is 17.7. The highest BCUT2D eigenvalue weighted by atomic mass is 16.6. The van der Waals surface area contributed by atoms with Crippen LogP contribution in [0.25, 0.3) is 10.8 Å². The van der Waals surface area contributed by atoms with Crippen molar-refractivity contribution < 1.29 is 52.5 Å². The predicted octanol–water partition coefficient (Wildman–Crippen LogP) is 6.33. The molecule has 318 valence electrons. The Hall–Kier alpha value is -7.01. The summed E-state index contributed by atoms with van der Waals surface area (Å²) in [6.07, 6.45) is -0.180. The second-order valence-electron chi connectivity index (χ2n) is 16.2. The summed E-state index contributed by atoms with van der Waals surface area (Å²) in [7, 11) is 5.57. The lowest BCUT2D eigenvalue weighted by atomic mass is 9.74. The number of carbonyl (C=O) groups excluding carboxylic acids is 5. The summed E-state index contributed by atoms with van der Waals surface area (Å²) in [4.78, 5) is 88.8. The maximum Gasteiger partial charge on any atom is 0.417 e. The van der Waals surface area contributed by atoms with Crippen molar-refractivity contribution in [2.75, 3.05) is 47.4 Å². The van der Waals surface area contributed by atoms with Gasteiger partial charge < -0.3 is 28.5 Å². The van der Waals surface area contributed by atoms with Gasteiger partial charge in [0, 0.05) is 54.6 Å². The molecule has 1 saturated heterocycles. The third kappa shape index (κ3) is 9.26. The first-order chi connectivity index (χ1) is 28.9. The summed E-state index contributed by atoms with van der Waals surface area (Å²) in [5.74, 6) is -3.25. The summed E-state index contributed by atoms with van der Waals surface area (Å²) < 4.78 is 17.2. The van der Waals surface area contributed by atoms with Gasteiger partial charge >= 0.3 is 24.0 Å². The first-order valence-electron chi connectivity index (χ1n) is 19.6. The van der Waals surface area contributed by atoms with Crippen molar-refractivity contribution in [2.45, 2.75) is 33.2 Å². The number of nitro groups is 2. The molecule has 0 saturated carbocycles. The molecule has 0 aliphatic carbocycles. The van der Waals surface area contributed by atoms with E-state index in [0.717, 1.165) is 40.6 Å². The van der Waals surface area contributed by atoms with E-state index in [1.165, 1.54) is 41.1 Å². The van der Waals surface area contributed by atoms with Crippen molar-refractivity contribution in [1.29, 1.82) is 0 Å². The number of carbonyl (C=O) groups is 5. The Kier molecular flexibility index (Phi) is 12.6. The molecule has 2 heterocycles. The smallest absolute Gasteiger partial charge is 0.417 e. The van der Waals surface area contributed by atoms with Crippen LogP contribution in [-0.4, -0.2) is 107 Å². The third-order valence-electron chi connectivity index (χ3n) is 11.4. The average Bonchev–Trinajstić information content (AvgIpc) is 3.47. The van der Waals surface area contributed by atoms with Crippen LogP contribution in [0, 0.1) is 38.0 Å². The normalized spacial score (nSPS) is 17.1. The van der Waals surface area contributed by atoms with E-state index >= 15 is 0 Å². The zero-order valence-corrected chi connectivity index (χ0v) is 34.6. The Morgan fingerprint density at radius 3 is 1.92 bits per heavy atom. The van der Waals surface area contributed by atoms with E-state index in [2.05, 4.69) is 0 Å². The Bertz CT molecular complexity index is 2450. The SMILES string of the molecule is CC(C)[C@H]1C(=O)N2C(C(=O)OC(=O)c3ccc([N+](=O)[O-])cc3)=C(COc3cccc4c(CC[N+](C)(C)CCN(C)C(=O)OC(=O)c5ccc([N+](=O)[O-])cc5)cccc34)[C@H](C)[C@H]12. The molecule has 61 heavy (non-hydrogen) atoms. The molecule has 3 atom stereocenters. The van der Waals surface area contributed by atoms with Gasteiger partial charge in [0.1, 0.15) is 18.1 Å². The van der Waals surface area contributed by atoms with Gasteiger partial charge in [0.15, 0.2) is 0 Å². The predicted molar refractivity (Wildman–Crippen MR) is 220 cm³/mol. The van der Waals surface area contributed by atoms with E-state index in [1.54, 1.807) is 0 Å². The van der Waals surface area contributed by atoms with Gasteiger partial charge in [-0.25, -0.2) is 19.2 Å². The fourth-order valence-electron chi connectivity index (χ4n) is 7.75. The Balaban J connectivity index is 1.12. The molecule has 4 aromatic carbocycles. The number of ether oxygens (including phenoxy) is 3. The Labute approximate surface area is 350 Å². The summed E-state index contributed by atoms with van der Waals surface area (Å²) in [5.41, 5.74) is 1.06. The molecule has 4 aromatic rings. The van der Waals surface area contributed by atoms with Crippen LogP contribution in [0.15, 0.2) is 96.2 Å². The van der Waals surface area contributed by atoms with Gasteiger partial charge in [-0.15, -0.1) is 0 Å². The standard InChI is InChI=1S/C44H46N5O12/c1-26(2)37-38-27(3)35(39(46(38)40(37)50)43(53)60-41(51)29-13-17-31(18-14-29)47(55)56)25-59-36-12-8-10-33-28(9-7-11-34(33)36)21-23-49(5,6)24-22-45(4)44(54)61-42(52)30-15-19-32(20-16-30)48(57)58/h7-20,26-27,37-38H,21-25H2,1-6H3/q+1/t27-,37+,38+/m0/s1. The molecule has 6 rings (SSSR count). The molecule has 0 spiro atoms. The lowest BCUT2D eigenvalue weighted by Gasteiger charge is -2.47. The monoisotopic (exact) mass is 836 g/mol. The van der Waals surface area contributed by atoms with Crippen molar-refractivity contribution in [3.05, 3.63) is 133 Å². The topological polar surface area (TPSA) is 206 Å². The Morgan fingerprint density at radius 1 is 0.787 bits per heavy atom. The Morgan fingerprint density at radius 2 is 1.34 bits per heavy atom. The van der Waals surface area contributed by atoms with Gasteiger partial charge in [-0.2, -0.15) is 0 Å². The number of quaternary nitrogens is 1. The van der Waals surface area contributed by atoms with Crippen LogP contribution < -0.4 is 4.74 Å². The van der Waals surface area contributed by atoms with E-state index in [9.17, 15) is 44.2 Å². The van der Waals surface area contributed by atoms with Crippen molar-refractivity contribution >= 4 is 52.1 Å². The second-order valence-corrected chi connectivity index (χ2v) is 16.2. The van der Waals surface area contributed by atoms with Gasteiger partial charge in [-0.3, -0.25) is 25.0 Å². The highest BCUT2D eigenvalue weighted by Gasteiger charge is 2.59. The van der Waals surface area contributed by atoms with Crippen LogP contribution in [0.5, 0.6) is 5.75 Å². The van der Waals surface area contributed by atoms with Crippen LogP contribution >= 0.6 is 0 Å². The van der Waals surface area contributed by atoms with Crippen LogP contribution in [0.1, 0.15) is 47.1 Å². The number of nitro benzene ring substituents is 2. The fraction of sp³-hybridized carbons (Fsp3) is 0.341. The quantitative estimate of drug-likeness (QED) is 0.0322. The number of hydrogen-bond acceptors (Lipinski definition) is 12. The fourth-order valence-corrected chi connectivity index (χ4v) is 7.75. The lowest BCUT2D eigenvalue weighted by molar-refractivity contribution is -0.889. The molecule has 17 heteroatoms. The van der Waals surface area contributed by atoms with Crippen molar-refractivity contribution in [3.63, 3.8) is 0 Å². The van der Waals surface area contributed by atoms with Crippen molar-refractivity contribution in [3.8, 4) is 5.75 Å². The number of non-ortho nitro benzene ring substituents is 2.